The zero-order valence-electron chi connectivity index (χ0n) is 23.2. The minimum absolute atomic E-state index is 0.136. The van der Waals surface area contributed by atoms with Crippen molar-refractivity contribution >= 4 is 29.3 Å². The number of carbonyl (C=O) groups excluding carboxylic acids is 2. The summed E-state index contributed by atoms with van der Waals surface area (Å²) in [5.41, 5.74) is 3.68. The minimum Gasteiger partial charge on any atom is -0.459 e. The molecule has 4 atom stereocenters. The van der Waals surface area contributed by atoms with Crippen LogP contribution in [-0.4, -0.2) is 34.6 Å². The Morgan fingerprint density at radius 1 is 1.18 bits per heavy atom. The van der Waals surface area contributed by atoms with E-state index in [0.29, 0.717) is 18.8 Å². The summed E-state index contributed by atoms with van der Waals surface area (Å²) < 4.78 is 12.0. The summed E-state index contributed by atoms with van der Waals surface area (Å²) in [6, 6.07) is 9.36. The molecule has 1 aromatic heterocycles. The molecule has 2 fully saturated rings. The van der Waals surface area contributed by atoms with Gasteiger partial charge in [0.2, 0.25) is 11.8 Å². The van der Waals surface area contributed by atoms with Crippen LogP contribution in [0.2, 0.25) is 0 Å². The Hall–Kier alpha value is -3.56. The molecule has 9 heteroatoms. The molecule has 0 saturated carbocycles. The number of ether oxygens (including phenoxy) is 1. The fraction of sp³-hybridized carbons (Fsp3) is 0.484. The Morgan fingerprint density at radius 2 is 1.98 bits per heavy atom. The van der Waals surface area contributed by atoms with Crippen LogP contribution in [0, 0.1) is 33.8 Å². The zero-order chi connectivity index (χ0) is 28.6. The smallest absolute Gasteiger partial charge is 0.271 e. The van der Waals surface area contributed by atoms with Crippen molar-refractivity contribution in [2.24, 2.45) is 23.7 Å². The van der Waals surface area contributed by atoms with Gasteiger partial charge < -0.3 is 14.3 Å². The highest BCUT2D eigenvalue weighted by Crippen LogP contribution is 2.52. The molecule has 2 saturated heterocycles. The maximum Gasteiger partial charge on any atom is 0.271 e. The highest BCUT2D eigenvalue weighted by atomic mass is 16.6. The second kappa shape index (κ2) is 11.5. The molecule has 1 aromatic carbocycles. The molecular weight excluding hydrogens is 512 g/mol. The van der Waals surface area contributed by atoms with Crippen LogP contribution in [-0.2, 0) is 20.9 Å². The Balaban J connectivity index is 1.39. The summed E-state index contributed by atoms with van der Waals surface area (Å²) in [5.74, 6) is -0.339. The van der Waals surface area contributed by atoms with Crippen molar-refractivity contribution in [2.45, 2.75) is 65.6 Å². The molecule has 2 amide bonds. The Kier molecular flexibility index (Phi) is 8.05. The van der Waals surface area contributed by atoms with E-state index in [1.54, 1.807) is 12.1 Å². The lowest BCUT2D eigenvalue weighted by Crippen LogP contribution is -2.35. The van der Waals surface area contributed by atoms with E-state index < -0.39 is 16.8 Å². The number of imide groups is 1. The van der Waals surface area contributed by atoms with Gasteiger partial charge in [0.1, 0.15) is 18.1 Å². The van der Waals surface area contributed by atoms with Gasteiger partial charge in [-0.25, -0.2) is 4.90 Å². The minimum atomic E-state index is -0.528. The van der Waals surface area contributed by atoms with E-state index >= 15 is 0 Å². The predicted molar refractivity (Wildman–Crippen MR) is 149 cm³/mol. The van der Waals surface area contributed by atoms with Gasteiger partial charge in [0.05, 0.1) is 35.2 Å². The van der Waals surface area contributed by atoms with Gasteiger partial charge in [0.25, 0.3) is 5.69 Å². The van der Waals surface area contributed by atoms with Crippen molar-refractivity contribution in [3.63, 3.8) is 0 Å². The number of hydrogen-bond donors (Lipinski definition) is 1. The maximum atomic E-state index is 13.8. The molecular formula is C31H36N2O7. The van der Waals surface area contributed by atoms with Crippen LogP contribution in [0.25, 0.3) is 6.08 Å². The predicted octanol–water partition coefficient (Wildman–Crippen LogP) is 5.82. The summed E-state index contributed by atoms with van der Waals surface area (Å²) in [4.78, 5) is 39.3. The van der Waals surface area contributed by atoms with Gasteiger partial charge in [-0.15, -0.1) is 0 Å². The second-order valence-corrected chi connectivity index (χ2v) is 11.2. The summed E-state index contributed by atoms with van der Waals surface area (Å²) >= 11 is 0. The number of nitro benzene ring substituents is 1. The van der Waals surface area contributed by atoms with Gasteiger partial charge in [0.15, 0.2) is 0 Å². The average Bonchev–Trinajstić information content (AvgIpc) is 3.63. The molecule has 3 heterocycles. The topological polar surface area (TPSA) is 123 Å². The third-order valence-electron chi connectivity index (χ3n) is 8.42. The van der Waals surface area contributed by atoms with E-state index in [0.717, 1.165) is 41.9 Å². The number of hydrogen-bond acceptors (Lipinski definition) is 7. The fourth-order valence-electron chi connectivity index (χ4n) is 6.62. The number of furan rings is 1. The lowest BCUT2D eigenvalue weighted by atomic mass is 9.67. The molecule has 1 aliphatic carbocycles. The van der Waals surface area contributed by atoms with Gasteiger partial charge in [-0.1, -0.05) is 44.4 Å². The van der Waals surface area contributed by atoms with Gasteiger partial charge in [-0.2, -0.15) is 0 Å². The first-order valence-electron chi connectivity index (χ1n) is 14.1. The number of amides is 2. The molecule has 0 bridgehead atoms. The lowest BCUT2D eigenvalue weighted by Gasteiger charge is -2.33. The molecule has 2 aromatic rings. The first-order chi connectivity index (χ1) is 19.2. The first kappa shape index (κ1) is 28.0. The molecule has 2 aliphatic heterocycles. The van der Waals surface area contributed by atoms with Crippen LogP contribution in [0.1, 0.15) is 64.4 Å². The number of nitro groups is 1. The van der Waals surface area contributed by atoms with Crippen molar-refractivity contribution in [3.05, 3.63) is 74.8 Å². The second-order valence-electron chi connectivity index (χ2n) is 11.2. The summed E-state index contributed by atoms with van der Waals surface area (Å²) in [6.45, 7) is 6.61. The van der Waals surface area contributed by atoms with Crippen molar-refractivity contribution < 1.29 is 28.8 Å². The monoisotopic (exact) mass is 548 g/mol. The number of fused-ring (bicyclic) bond motifs is 3. The van der Waals surface area contributed by atoms with Crippen LogP contribution >= 0.6 is 0 Å². The molecule has 5 rings (SSSR count). The van der Waals surface area contributed by atoms with Gasteiger partial charge in [-0.05, 0) is 61.4 Å². The third kappa shape index (κ3) is 5.15. The zero-order valence-corrected chi connectivity index (χ0v) is 23.2. The largest absolute Gasteiger partial charge is 0.459 e. The Bertz CT molecular complexity index is 1370. The highest BCUT2D eigenvalue weighted by molar-refractivity contribution is 6.22. The number of benzene rings is 1. The van der Waals surface area contributed by atoms with Gasteiger partial charge in [0, 0.05) is 18.1 Å². The van der Waals surface area contributed by atoms with E-state index in [1.807, 2.05) is 12.1 Å². The van der Waals surface area contributed by atoms with E-state index in [9.17, 15) is 24.8 Å². The van der Waals surface area contributed by atoms with E-state index in [-0.39, 0.29) is 47.7 Å². The summed E-state index contributed by atoms with van der Waals surface area (Å²) in [5, 5.41) is 20.6. The molecule has 0 unspecified atom stereocenters. The number of rotatable bonds is 10. The third-order valence-corrected chi connectivity index (χ3v) is 8.42. The van der Waals surface area contributed by atoms with E-state index in [4.69, 9.17) is 9.15 Å². The van der Waals surface area contributed by atoms with E-state index in [1.165, 1.54) is 29.3 Å². The quantitative estimate of drug-likeness (QED) is 0.172. The van der Waals surface area contributed by atoms with Crippen LogP contribution in [0.4, 0.5) is 11.4 Å². The number of aliphatic hydroxyl groups excluding tert-OH is 1. The van der Waals surface area contributed by atoms with E-state index in [2.05, 4.69) is 20.8 Å². The number of aliphatic hydroxyl groups is 1. The molecule has 0 radical (unpaired) electrons. The molecule has 1 N–H and O–H groups in total. The lowest BCUT2D eigenvalue weighted by molar-refractivity contribution is -0.384. The number of allylic oxidation sites excluding steroid dienone is 2. The van der Waals surface area contributed by atoms with Crippen molar-refractivity contribution in [1.82, 2.24) is 0 Å². The van der Waals surface area contributed by atoms with Crippen LogP contribution in [0.3, 0.4) is 0 Å². The fourth-order valence-corrected chi connectivity index (χ4v) is 6.62. The van der Waals surface area contributed by atoms with Crippen molar-refractivity contribution in [2.75, 3.05) is 11.5 Å². The SMILES string of the molecule is CCC/C(=C\c1ccc(CO)o1)CC[C@H]1OC[C@H]2C1=C(C(C)C)C[C@H]1C(=O)N(c3cccc([N+](=O)[O-])c3)C(=O)[C@H]12. The van der Waals surface area contributed by atoms with Crippen LogP contribution in [0.5, 0.6) is 0 Å². The van der Waals surface area contributed by atoms with Gasteiger partial charge >= 0.3 is 0 Å². The van der Waals surface area contributed by atoms with Crippen molar-refractivity contribution in [3.8, 4) is 0 Å². The molecule has 9 nitrogen and oxygen atoms in total. The molecule has 212 valence electrons. The van der Waals surface area contributed by atoms with Crippen molar-refractivity contribution in [1.29, 1.82) is 0 Å². The first-order valence-corrected chi connectivity index (χ1v) is 14.1. The van der Waals surface area contributed by atoms with Crippen LogP contribution in [0.15, 0.2) is 57.5 Å². The average molecular weight is 549 g/mol. The summed E-state index contributed by atoms with van der Waals surface area (Å²) in [7, 11) is 0. The standard InChI is InChI=1S/C31H36N2O7/c1-4-6-19(13-22-10-11-23(16-34)40-22)9-12-27-28-24(18(2)3)15-25-29(26(28)17-39-27)31(36)32(30(25)35)20-7-5-8-21(14-20)33(37)38/h5,7-8,10-11,13-14,18,25-27,29,34H,4,6,9,12,15-17H2,1-3H3/b19-13+/t25-,26+,27-,29-/m1/s1. The number of non-ortho nitro benzene ring substituents is 1. The van der Waals surface area contributed by atoms with Crippen LogP contribution < -0.4 is 4.90 Å². The number of carbonyl (C=O) groups is 2. The number of anilines is 1. The Morgan fingerprint density at radius 3 is 2.65 bits per heavy atom. The molecule has 40 heavy (non-hydrogen) atoms. The normalized spacial score (nSPS) is 24.7. The Labute approximate surface area is 233 Å². The molecule has 0 spiro atoms. The maximum absolute atomic E-state index is 13.8. The summed E-state index contributed by atoms with van der Waals surface area (Å²) in [6.07, 6.45) is 5.87. The number of nitrogens with zero attached hydrogens (tertiary/aromatic N) is 2. The van der Waals surface area contributed by atoms with Gasteiger partial charge in [-0.3, -0.25) is 19.7 Å². The highest BCUT2D eigenvalue weighted by Gasteiger charge is 2.57. The molecule has 3 aliphatic rings.